The third-order valence-corrected chi connectivity index (χ3v) is 4.30. The number of nitrogens with one attached hydrogen (secondary N) is 1. The summed E-state index contributed by atoms with van der Waals surface area (Å²) in [4.78, 5) is 26.2. The largest absolute Gasteiger partial charge is 0.433 e. The Labute approximate surface area is 127 Å². The molecule has 3 heterocycles. The van der Waals surface area contributed by atoms with Gasteiger partial charge in [-0.2, -0.15) is 13.9 Å². The molecule has 118 valence electrons. The summed E-state index contributed by atoms with van der Waals surface area (Å²) in [6, 6.07) is 1.42. The Hall–Kier alpha value is -2.23. The highest BCUT2D eigenvalue weighted by Crippen LogP contribution is 2.32. The summed E-state index contributed by atoms with van der Waals surface area (Å²) in [5, 5.41) is 6.16. The second kappa shape index (κ2) is 5.52. The molecule has 0 aromatic carbocycles. The summed E-state index contributed by atoms with van der Waals surface area (Å²) in [7, 11) is 0. The van der Waals surface area contributed by atoms with Crippen LogP contribution in [0.1, 0.15) is 20.4 Å². The Balaban J connectivity index is 1.85. The number of aryl methyl sites for hydroxylation is 1. The van der Waals surface area contributed by atoms with E-state index in [0.29, 0.717) is 23.8 Å². The Bertz CT molecular complexity index is 767. The van der Waals surface area contributed by atoms with Crippen molar-refractivity contribution in [2.45, 2.75) is 26.6 Å². The Kier molecular flexibility index (Phi) is 3.69. The van der Waals surface area contributed by atoms with Gasteiger partial charge in [-0.1, -0.05) is 0 Å². The second-order valence-electron chi connectivity index (χ2n) is 4.75. The number of alkyl halides is 2. The second-order valence-corrected chi connectivity index (χ2v) is 6.01. The van der Waals surface area contributed by atoms with E-state index in [1.807, 2.05) is 0 Å². The van der Waals surface area contributed by atoms with Crippen molar-refractivity contribution < 1.29 is 18.3 Å². The summed E-state index contributed by atoms with van der Waals surface area (Å²) in [5.41, 5.74) is -0.323. The number of rotatable bonds is 3. The minimum absolute atomic E-state index is 0.118. The number of amides is 1. The van der Waals surface area contributed by atoms with Gasteiger partial charge in [0.2, 0.25) is 0 Å². The number of fused-ring (bicyclic) bond motifs is 1. The molecular weight excluding hydrogens is 318 g/mol. The maximum absolute atomic E-state index is 12.5. The first-order chi connectivity index (χ1) is 10.5. The molecule has 0 bridgehead atoms. The topological polar surface area (TPSA) is 80.2 Å². The van der Waals surface area contributed by atoms with Crippen molar-refractivity contribution in [3.05, 3.63) is 32.1 Å². The molecule has 10 heteroatoms. The van der Waals surface area contributed by atoms with Crippen LogP contribution in [-0.2, 0) is 13.1 Å². The molecule has 1 amide bonds. The third-order valence-electron chi connectivity index (χ3n) is 3.28. The average Bonchev–Trinajstić information content (AvgIpc) is 3.01. The lowest BCUT2D eigenvalue weighted by Gasteiger charge is -2.26. The summed E-state index contributed by atoms with van der Waals surface area (Å²) >= 11 is 1.10. The molecule has 0 saturated heterocycles. The third kappa shape index (κ3) is 2.61. The number of halogens is 2. The minimum Gasteiger partial charge on any atom is -0.433 e. The summed E-state index contributed by atoms with van der Waals surface area (Å²) in [6.45, 7) is -0.523. The molecule has 22 heavy (non-hydrogen) atoms. The smallest absolute Gasteiger partial charge is 0.387 e. The van der Waals surface area contributed by atoms with Crippen molar-refractivity contribution in [2.24, 2.45) is 0 Å². The molecule has 1 aliphatic rings. The predicted molar refractivity (Wildman–Crippen MR) is 73.3 cm³/mol. The number of thiophene rings is 1. The number of carbonyl (C=O) groups is 1. The number of hydrogen-bond acceptors (Lipinski definition) is 5. The number of hydrogen-bond donors (Lipinski definition) is 1. The monoisotopic (exact) mass is 330 g/mol. The van der Waals surface area contributed by atoms with E-state index in [9.17, 15) is 18.4 Å². The first-order valence-corrected chi connectivity index (χ1v) is 7.26. The minimum atomic E-state index is -2.99. The van der Waals surface area contributed by atoms with E-state index in [2.05, 4.69) is 14.9 Å². The van der Waals surface area contributed by atoms with Crippen molar-refractivity contribution in [1.82, 2.24) is 19.7 Å². The zero-order valence-electron chi connectivity index (χ0n) is 11.5. The van der Waals surface area contributed by atoms with Crippen LogP contribution in [0.2, 0.25) is 0 Å². The molecule has 0 fully saturated rings. The van der Waals surface area contributed by atoms with Gasteiger partial charge in [0.25, 0.3) is 5.91 Å². The molecule has 7 nitrogen and oxygen atoms in total. The van der Waals surface area contributed by atoms with Gasteiger partial charge in [0.1, 0.15) is 10.6 Å². The average molecular weight is 330 g/mol. The van der Waals surface area contributed by atoms with Crippen LogP contribution in [0.4, 0.5) is 8.78 Å². The molecule has 1 aliphatic heterocycles. The van der Waals surface area contributed by atoms with Gasteiger partial charge in [0.15, 0.2) is 5.82 Å². The van der Waals surface area contributed by atoms with E-state index in [-0.39, 0.29) is 22.9 Å². The fourth-order valence-corrected chi connectivity index (χ4v) is 3.22. The van der Waals surface area contributed by atoms with Gasteiger partial charge in [0, 0.05) is 18.0 Å². The van der Waals surface area contributed by atoms with E-state index in [1.54, 1.807) is 6.92 Å². The summed E-state index contributed by atoms with van der Waals surface area (Å²) in [6.07, 6.45) is 0. The number of carbonyl (C=O) groups excluding carboxylic acids is 1. The fourth-order valence-electron chi connectivity index (χ4n) is 2.31. The first-order valence-electron chi connectivity index (χ1n) is 6.44. The van der Waals surface area contributed by atoms with Crippen LogP contribution in [0, 0.1) is 6.92 Å². The van der Waals surface area contributed by atoms with E-state index in [1.165, 1.54) is 15.5 Å². The Morgan fingerprint density at radius 3 is 3.00 bits per heavy atom. The van der Waals surface area contributed by atoms with E-state index < -0.39 is 12.5 Å². The Morgan fingerprint density at radius 2 is 2.27 bits per heavy atom. The highest BCUT2D eigenvalue weighted by atomic mass is 32.1. The number of ether oxygens (including phenoxy) is 1. The zero-order valence-corrected chi connectivity index (χ0v) is 12.3. The number of aromatic amines is 1. The quantitative estimate of drug-likeness (QED) is 0.917. The van der Waals surface area contributed by atoms with Crippen LogP contribution in [0.15, 0.2) is 10.9 Å². The van der Waals surface area contributed by atoms with E-state index >= 15 is 0 Å². The van der Waals surface area contributed by atoms with Gasteiger partial charge >= 0.3 is 12.3 Å². The highest BCUT2D eigenvalue weighted by molar-refractivity contribution is 7.14. The van der Waals surface area contributed by atoms with Crippen LogP contribution >= 0.6 is 11.3 Å². The standard InChI is InChI=1S/C12H12F2N4O3S/c1-6-4-7(21-11(13)14)9(22-6)10(19)17-2-3-18-8(5-17)15-16-12(18)20/h4,11H,2-3,5H2,1H3,(H,16,20). The van der Waals surface area contributed by atoms with Crippen LogP contribution in [0.25, 0.3) is 0 Å². The van der Waals surface area contributed by atoms with Gasteiger partial charge in [-0.05, 0) is 13.0 Å². The van der Waals surface area contributed by atoms with Gasteiger partial charge < -0.3 is 9.64 Å². The van der Waals surface area contributed by atoms with E-state index in [0.717, 1.165) is 11.3 Å². The van der Waals surface area contributed by atoms with Crippen molar-refractivity contribution in [1.29, 1.82) is 0 Å². The van der Waals surface area contributed by atoms with E-state index in [4.69, 9.17) is 0 Å². The number of aromatic nitrogens is 3. The van der Waals surface area contributed by atoms with Crippen molar-refractivity contribution in [3.8, 4) is 5.75 Å². The normalized spacial score (nSPS) is 14.3. The lowest BCUT2D eigenvalue weighted by molar-refractivity contribution is -0.0499. The molecule has 0 unspecified atom stereocenters. The van der Waals surface area contributed by atoms with Crippen LogP contribution in [0.5, 0.6) is 5.75 Å². The molecule has 0 radical (unpaired) electrons. The maximum Gasteiger partial charge on any atom is 0.387 e. The van der Waals surface area contributed by atoms with Crippen LogP contribution in [0.3, 0.4) is 0 Å². The lowest BCUT2D eigenvalue weighted by Crippen LogP contribution is -2.40. The lowest BCUT2D eigenvalue weighted by atomic mass is 10.3. The van der Waals surface area contributed by atoms with Crippen molar-refractivity contribution in [2.75, 3.05) is 6.54 Å². The van der Waals surface area contributed by atoms with Crippen LogP contribution < -0.4 is 10.4 Å². The molecule has 1 N–H and O–H groups in total. The predicted octanol–water partition coefficient (Wildman–Crippen LogP) is 1.20. The zero-order chi connectivity index (χ0) is 15.9. The number of H-pyrrole nitrogens is 1. The molecule has 0 atom stereocenters. The van der Waals surface area contributed by atoms with Gasteiger partial charge in [0.05, 0.1) is 6.54 Å². The van der Waals surface area contributed by atoms with Gasteiger partial charge in [-0.15, -0.1) is 11.3 Å². The van der Waals surface area contributed by atoms with Gasteiger partial charge in [-0.25, -0.2) is 9.89 Å². The summed E-state index contributed by atoms with van der Waals surface area (Å²) in [5.74, 6) is -0.0860. The first kappa shape index (κ1) is 14.7. The van der Waals surface area contributed by atoms with Crippen LogP contribution in [-0.4, -0.2) is 38.7 Å². The number of nitrogens with zero attached hydrogens (tertiary/aromatic N) is 3. The SMILES string of the molecule is Cc1cc(OC(F)F)c(C(=O)N2CCn3c(n[nH]c3=O)C2)s1. The molecule has 0 saturated carbocycles. The van der Waals surface area contributed by atoms with Crippen molar-refractivity contribution in [3.63, 3.8) is 0 Å². The molecular formula is C12H12F2N4O3S. The highest BCUT2D eigenvalue weighted by Gasteiger charge is 2.28. The van der Waals surface area contributed by atoms with Gasteiger partial charge in [-0.3, -0.25) is 9.36 Å². The summed E-state index contributed by atoms with van der Waals surface area (Å²) < 4.78 is 30.7. The fraction of sp³-hybridized carbons (Fsp3) is 0.417. The molecule has 2 aromatic rings. The molecule has 0 aliphatic carbocycles. The molecule has 3 rings (SSSR count). The molecule has 2 aromatic heterocycles. The Morgan fingerprint density at radius 1 is 1.50 bits per heavy atom. The maximum atomic E-state index is 12.5. The molecule has 0 spiro atoms. The van der Waals surface area contributed by atoms with Crippen molar-refractivity contribution >= 4 is 17.2 Å².